The van der Waals surface area contributed by atoms with Crippen LogP contribution in [0.15, 0.2) is 0 Å². The monoisotopic (exact) mass is 415 g/mol. The van der Waals surface area contributed by atoms with Crippen LogP contribution in [0.2, 0.25) is 0 Å². The van der Waals surface area contributed by atoms with E-state index in [-0.39, 0.29) is 11.8 Å². The molecule has 0 bridgehead atoms. The summed E-state index contributed by atoms with van der Waals surface area (Å²) in [4.78, 5) is 0. The van der Waals surface area contributed by atoms with E-state index >= 15 is 0 Å². The number of rotatable bonds is 0. The van der Waals surface area contributed by atoms with Crippen LogP contribution in [0.4, 0.5) is 0 Å². The number of aliphatic hydroxyl groups is 1. The van der Waals surface area contributed by atoms with Gasteiger partial charge in [-0.25, -0.2) is 0 Å². The summed E-state index contributed by atoms with van der Waals surface area (Å²) >= 11 is 0. The molecule has 2 N–H and O–H groups in total. The van der Waals surface area contributed by atoms with Crippen LogP contribution in [0, 0.1) is 52.3 Å². The molecule has 0 aromatic heterocycles. The maximum Gasteiger partial charge on any atom is 0.122 e. The number of fused-ring (bicyclic) bond motifs is 7. The Bertz CT molecular complexity index is 686. The Balaban J connectivity index is 1.26. The summed E-state index contributed by atoms with van der Waals surface area (Å²) in [5, 5.41) is 14.2. The van der Waals surface area contributed by atoms with Gasteiger partial charge in [0.2, 0.25) is 0 Å². The fourth-order valence-electron chi connectivity index (χ4n) is 10.4. The molecule has 12 atom stereocenters. The molecule has 2 saturated heterocycles. The molecule has 0 radical (unpaired) electrons. The molecule has 4 saturated carbocycles. The van der Waals surface area contributed by atoms with Gasteiger partial charge in [-0.3, -0.25) is 5.32 Å². The Morgan fingerprint density at radius 3 is 2.43 bits per heavy atom. The molecule has 2 heterocycles. The van der Waals surface area contributed by atoms with Crippen LogP contribution in [-0.4, -0.2) is 29.6 Å². The quantitative estimate of drug-likeness (QED) is 0.559. The molecule has 1 spiro atoms. The van der Waals surface area contributed by atoms with E-state index < -0.39 is 0 Å². The smallest absolute Gasteiger partial charge is 0.122 e. The SMILES string of the molecule is C[C@H]1CCC2(NC1)O[C@H]1C[C@H]3[C@@H]4CC[C@H]5C[C@@H](O)CC[C@]5(C)[C@H]4CC[C@]3(C)[C@H]1[C@@H]2C. The fourth-order valence-corrected chi connectivity index (χ4v) is 10.4. The lowest BCUT2D eigenvalue weighted by Gasteiger charge is -2.61. The first-order valence-corrected chi connectivity index (χ1v) is 13.4. The Morgan fingerprint density at radius 2 is 1.67 bits per heavy atom. The van der Waals surface area contributed by atoms with E-state index in [1.165, 1.54) is 51.4 Å². The van der Waals surface area contributed by atoms with Crippen molar-refractivity contribution in [1.29, 1.82) is 0 Å². The third-order valence-corrected chi connectivity index (χ3v) is 12.1. The van der Waals surface area contributed by atoms with Crippen LogP contribution in [0.5, 0.6) is 0 Å². The van der Waals surface area contributed by atoms with Crippen molar-refractivity contribution < 1.29 is 9.84 Å². The number of aliphatic hydroxyl groups excluding tert-OH is 1. The Morgan fingerprint density at radius 1 is 0.867 bits per heavy atom. The van der Waals surface area contributed by atoms with Crippen LogP contribution in [0.1, 0.15) is 91.9 Å². The number of nitrogens with one attached hydrogen (secondary N) is 1. The first-order valence-electron chi connectivity index (χ1n) is 13.4. The summed E-state index contributed by atoms with van der Waals surface area (Å²) in [6.45, 7) is 11.3. The molecule has 3 nitrogen and oxygen atoms in total. The third kappa shape index (κ3) is 2.61. The lowest BCUT2D eigenvalue weighted by molar-refractivity contribution is -0.140. The minimum absolute atomic E-state index is 0.0319. The molecular weight excluding hydrogens is 370 g/mol. The van der Waals surface area contributed by atoms with E-state index in [9.17, 15) is 5.11 Å². The summed E-state index contributed by atoms with van der Waals surface area (Å²) in [7, 11) is 0. The van der Waals surface area contributed by atoms with Gasteiger partial charge in [-0.15, -0.1) is 0 Å². The van der Waals surface area contributed by atoms with Gasteiger partial charge >= 0.3 is 0 Å². The molecule has 4 aliphatic carbocycles. The fraction of sp³-hybridized carbons (Fsp3) is 1.00. The van der Waals surface area contributed by atoms with E-state index in [0.717, 1.165) is 54.9 Å². The Kier molecular flexibility index (Phi) is 4.58. The molecule has 0 amide bonds. The summed E-state index contributed by atoms with van der Waals surface area (Å²) in [5.74, 6) is 5.57. The maximum atomic E-state index is 10.3. The lowest BCUT2D eigenvalue weighted by Crippen LogP contribution is -2.57. The van der Waals surface area contributed by atoms with Crippen molar-refractivity contribution in [3.8, 4) is 0 Å². The highest BCUT2D eigenvalue weighted by Gasteiger charge is 2.68. The minimum atomic E-state index is -0.0320. The third-order valence-electron chi connectivity index (χ3n) is 12.1. The minimum Gasteiger partial charge on any atom is -0.393 e. The first kappa shape index (κ1) is 20.5. The molecule has 0 aromatic carbocycles. The maximum absolute atomic E-state index is 10.3. The zero-order valence-corrected chi connectivity index (χ0v) is 19.8. The number of hydrogen-bond acceptors (Lipinski definition) is 3. The molecule has 170 valence electrons. The Labute approximate surface area is 184 Å². The number of hydrogen-bond donors (Lipinski definition) is 2. The molecule has 2 aliphatic heterocycles. The topological polar surface area (TPSA) is 41.5 Å². The van der Waals surface area contributed by atoms with Crippen molar-refractivity contribution in [2.45, 2.75) is 110 Å². The van der Waals surface area contributed by atoms with Crippen LogP contribution in [0.3, 0.4) is 0 Å². The van der Waals surface area contributed by atoms with Gasteiger partial charge in [-0.05, 0) is 111 Å². The van der Waals surface area contributed by atoms with Gasteiger partial charge in [-0.1, -0.05) is 27.7 Å². The largest absolute Gasteiger partial charge is 0.393 e. The van der Waals surface area contributed by atoms with E-state index in [1.54, 1.807) is 0 Å². The van der Waals surface area contributed by atoms with Crippen molar-refractivity contribution in [2.24, 2.45) is 52.3 Å². The molecule has 3 heteroatoms. The summed E-state index contributed by atoms with van der Waals surface area (Å²) in [6, 6.07) is 0. The number of piperidine rings is 1. The molecule has 6 aliphatic rings. The molecule has 30 heavy (non-hydrogen) atoms. The summed E-state index contributed by atoms with van der Waals surface area (Å²) < 4.78 is 7.01. The van der Waals surface area contributed by atoms with Crippen LogP contribution >= 0.6 is 0 Å². The van der Waals surface area contributed by atoms with E-state index in [2.05, 4.69) is 33.0 Å². The number of ether oxygens (including phenoxy) is 1. The van der Waals surface area contributed by atoms with Gasteiger partial charge in [0.25, 0.3) is 0 Å². The van der Waals surface area contributed by atoms with Gasteiger partial charge in [0, 0.05) is 12.5 Å². The van der Waals surface area contributed by atoms with Gasteiger partial charge in [0.05, 0.1) is 12.2 Å². The van der Waals surface area contributed by atoms with E-state index in [4.69, 9.17) is 4.74 Å². The molecule has 6 fully saturated rings. The predicted octanol–water partition coefficient (Wildman–Crippen LogP) is 5.37. The highest BCUT2D eigenvalue weighted by Crippen LogP contribution is 2.71. The van der Waals surface area contributed by atoms with Gasteiger partial charge in [-0.2, -0.15) is 0 Å². The molecule has 0 aromatic rings. The van der Waals surface area contributed by atoms with Crippen molar-refractivity contribution in [3.63, 3.8) is 0 Å². The van der Waals surface area contributed by atoms with E-state index in [0.29, 0.717) is 22.9 Å². The zero-order valence-electron chi connectivity index (χ0n) is 19.8. The van der Waals surface area contributed by atoms with E-state index in [1.807, 2.05) is 0 Å². The van der Waals surface area contributed by atoms with Gasteiger partial charge < -0.3 is 9.84 Å². The van der Waals surface area contributed by atoms with Crippen molar-refractivity contribution in [3.05, 3.63) is 0 Å². The first-order chi connectivity index (χ1) is 14.3. The van der Waals surface area contributed by atoms with Gasteiger partial charge in [0.15, 0.2) is 0 Å². The second-order valence-corrected chi connectivity index (χ2v) is 13.3. The summed E-state index contributed by atoms with van der Waals surface area (Å²) in [5.41, 5.74) is 0.919. The predicted molar refractivity (Wildman–Crippen MR) is 120 cm³/mol. The zero-order chi connectivity index (χ0) is 20.9. The molecular formula is C27H45NO2. The van der Waals surface area contributed by atoms with Gasteiger partial charge in [0.1, 0.15) is 5.72 Å². The molecule has 1 unspecified atom stereocenters. The average Bonchev–Trinajstić information content (AvgIpc) is 3.16. The lowest BCUT2D eigenvalue weighted by atomic mass is 9.44. The standard InChI is InChI=1S/C27H45NO2/c1-16-7-12-27(28-15-16)17(2)24-23(30-27)14-22-20-6-5-18-13-19(29)8-10-25(18,3)21(20)9-11-26(22,24)4/h16-24,28-29H,5-15H2,1-4H3/t16-,17-,18-,19-,20+,21-,22-,23-,24-,25-,26-,27?/m0/s1. The van der Waals surface area contributed by atoms with Crippen molar-refractivity contribution in [1.82, 2.24) is 5.32 Å². The van der Waals surface area contributed by atoms with Crippen LogP contribution in [-0.2, 0) is 4.74 Å². The average molecular weight is 416 g/mol. The van der Waals surface area contributed by atoms with Crippen LogP contribution < -0.4 is 5.32 Å². The normalized spacial score (nSPS) is 62.5. The second-order valence-electron chi connectivity index (χ2n) is 13.3. The van der Waals surface area contributed by atoms with Crippen molar-refractivity contribution >= 4 is 0 Å². The van der Waals surface area contributed by atoms with Crippen LogP contribution in [0.25, 0.3) is 0 Å². The highest BCUT2D eigenvalue weighted by molar-refractivity contribution is 5.16. The second kappa shape index (κ2) is 6.70. The summed E-state index contributed by atoms with van der Waals surface area (Å²) in [6.07, 6.45) is 13.2. The van der Waals surface area contributed by atoms with Crippen molar-refractivity contribution in [2.75, 3.05) is 6.54 Å². The highest BCUT2D eigenvalue weighted by atomic mass is 16.5. The molecule has 6 rings (SSSR count). The Hall–Kier alpha value is -0.120.